The third-order valence-electron chi connectivity index (χ3n) is 3.96. The lowest BCUT2D eigenvalue weighted by Gasteiger charge is -2.14. The number of nitrogens with one attached hydrogen (secondary N) is 1. The fraction of sp³-hybridized carbons (Fsp3) is 0.467. The number of benzene rings is 1. The topological polar surface area (TPSA) is 75.2 Å². The fourth-order valence-corrected chi connectivity index (χ4v) is 5.05. The summed E-state index contributed by atoms with van der Waals surface area (Å²) in [7, 11) is -3.28. The fourth-order valence-electron chi connectivity index (χ4n) is 2.72. The van der Waals surface area contributed by atoms with Gasteiger partial charge < -0.3 is 4.90 Å². The van der Waals surface area contributed by atoms with E-state index in [1.807, 2.05) is 4.90 Å². The first kappa shape index (κ1) is 17.2. The van der Waals surface area contributed by atoms with Crippen molar-refractivity contribution in [3.63, 3.8) is 0 Å². The van der Waals surface area contributed by atoms with Crippen molar-refractivity contribution in [3.8, 4) is 0 Å². The quantitative estimate of drug-likeness (QED) is 0.839. The van der Waals surface area contributed by atoms with Gasteiger partial charge in [-0.3, -0.25) is 0 Å². The molecule has 0 aliphatic carbocycles. The van der Waals surface area contributed by atoms with E-state index in [0.717, 1.165) is 0 Å². The molecule has 1 unspecified atom stereocenters. The van der Waals surface area contributed by atoms with Crippen LogP contribution in [-0.2, 0) is 16.4 Å². The Morgan fingerprint density at radius 3 is 2.92 bits per heavy atom. The molecule has 1 aliphatic heterocycles. The maximum Gasteiger partial charge on any atom is 0.216 e. The predicted molar refractivity (Wildman–Crippen MR) is 92.3 cm³/mol. The van der Waals surface area contributed by atoms with Crippen molar-refractivity contribution >= 4 is 26.5 Å². The van der Waals surface area contributed by atoms with E-state index >= 15 is 0 Å². The number of sulfonamides is 1. The molecule has 6 nitrogen and oxygen atoms in total. The summed E-state index contributed by atoms with van der Waals surface area (Å²) >= 11 is 1.38. The van der Waals surface area contributed by atoms with Gasteiger partial charge in [0, 0.05) is 26.1 Å². The third-order valence-corrected chi connectivity index (χ3v) is 6.89. The summed E-state index contributed by atoms with van der Waals surface area (Å²) in [5.41, 5.74) is 0.578. The molecule has 24 heavy (non-hydrogen) atoms. The molecule has 0 bridgehead atoms. The van der Waals surface area contributed by atoms with Crippen molar-refractivity contribution in [2.75, 3.05) is 24.5 Å². The van der Waals surface area contributed by atoms with Gasteiger partial charge in [-0.2, -0.15) is 0 Å². The van der Waals surface area contributed by atoms with Crippen LogP contribution in [0.15, 0.2) is 24.3 Å². The Morgan fingerprint density at radius 2 is 2.17 bits per heavy atom. The summed E-state index contributed by atoms with van der Waals surface area (Å²) < 4.78 is 40.4. The number of anilines is 1. The van der Waals surface area contributed by atoms with E-state index in [0.29, 0.717) is 48.2 Å². The molecule has 130 valence electrons. The van der Waals surface area contributed by atoms with Crippen LogP contribution in [0.5, 0.6) is 0 Å². The van der Waals surface area contributed by atoms with Crippen molar-refractivity contribution in [2.24, 2.45) is 0 Å². The zero-order valence-electron chi connectivity index (χ0n) is 13.3. The SMILES string of the molecule is CCNS(=O)(=O)C1CCN(c2nnc(Cc3ccccc3F)s2)C1. The molecular weight excluding hydrogens is 351 g/mol. The first-order valence-electron chi connectivity index (χ1n) is 7.79. The number of rotatable bonds is 6. The summed E-state index contributed by atoms with van der Waals surface area (Å²) in [5, 5.41) is 9.23. The van der Waals surface area contributed by atoms with E-state index in [-0.39, 0.29) is 5.82 Å². The summed E-state index contributed by atoms with van der Waals surface area (Å²) in [6.07, 6.45) is 0.953. The van der Waals surface area contributed by atoms with Crippen molar-refractivity contribution in [2.45, 2.75) is 25.0 Å². The van der Waals surface area contributed by atoms with Crippen LogP contribution in [0, 0.1) is 5.82 Å². The Balaban J connectivity index is 1.68. The molecule has 0 saturated carbocycles. The van der Waals surface area contributed by atoms with Gasteiger partial charge in [-0.15, -0.1) is 10.2 Å². The molecule has 1 aromatic carbocycles. The molecular formula is C15H19FN4O2S2. The van der Waals surface area contributed by atoms with Crippen LogP contribution in [0.4, 0.5) is 9.52 Å². The average Bonchev–Trinajstić information content (AvgIpc) is 3.18. The smallest absolute Gasteiger partial charge is 0.216 e. The highest BCUT2D eigenvalue weighted by Gasteiger charge is 2.34. The molecule has 1 saturated heterocycles. The average molecular weight is 370 g/mol. The van der Waals surface area contributed by atoms with Crippen LogP contribution in [0.3, 0.4) is 0 Å². The number of halogens is 1. The summed E-state index contributed by atoms with van der Waals surface area (Å²) in [4.78, 5) is 1.93. The minimum Gasteiger partial charge on any atom is -0.345 e. The van der Waals surface area contributed by atoms with Gasteiger partial charge in [0.15, 0.2) is 0 Å². The molecule has 1 aliphatic rings. The van der Waals surface area contributed by atoms with Crippen LogP contribution >= 0.6 is 11.3 Å². The number of hydrogen-bond acceptors (Lipinski definition) is 6. The highest BCUT2D eigenvalue weighted by Crippen LogP contribution is 2.27. The summed E-state index contributed by atoms with van der Waals surface area (Å²) in [6.45, 7) is 3.20. The monoisotopic (exact) mass is 370 g/mol. The molecule has 1 fully saturated rings. The lowest BCUT2D eigenvalue weighted by Crippen LogP contribution is -2.36. The Labute approximate surface area is 144 Å². The number of aromatic nitrogens is 2. The molecule has 3 rings (SSSR count). The molecule has 1 N–H and O–H groups in total. The Hall–Kier alpha value is -1.58. The first-order chi connectivity index (χ1) is 11.5. The third kappa shape index (κ3) is 3.73. The van der Waals surface area contributed by atoms with Crippen molar-refractivity contribution in [3.05, 3.63) is 40.7 Å². The maximum atomic E-state index is 13.7. The number of hydrogen-bond donors (Lipinski definition) is 1. The lowest BCUT2D eigenvalue weighted by atomic mass is 10.1. The molecule has 1 aromatic heterocycles. The van der Waals surface area contributed by atoms with Gasteiger partial charge in [-0.05, 0) is 18.1 Å². The molecule has 0 spiro atoms. The second kappa shape index (κ2) is 7.12. The van der Waals surface area contributed by atoms with Gasteiger partial charge in [0.1, 0.15) is 10.8 Å². The van der Waals surface area contributed by atoms with Crippen LogP contribution in [0.25, 0.3) is 0 Å². The van der Waals surface area contributed by atoms with E-state index in [4.69, 9.17) is 0 Å². The van der Waals surface area contributed by atoms with Crippen LogP contribution in [0.2, 0.25) is 0 Å². The normalized spacial score (nSPS) is 18.2. The Morgan fingerprint density at radius 1 is 1.38 bits per heavy atom. The zero-order valence-corrected chi connectivity index (χ0v) is 14.9. The van der Waals surface area contributed by atoms with E-state index < -0.39 is 15.3 Å². The number of nitrogens with zero attached hydrogens (tertiary/aromatic N) is 3. The van der Waals surface area contributed by atoms with Crippen LogP contribution in [0.1, 0.15) is 23.9 Å². The zero-order chi connectivity index (χ0) is 17.2. The summed E-state index contributed by atoms with van der Waals surface area (Å²) in [6, 6.07) is 6.59. The Kier molecular flexibility index (Phi) is 5.12. The van der Waals surface area contributed by atoms with E-state index in [1.54, 1.807) is 25.1 Å². The largest absolute Gasteiger partial charge is 0.345 e. The highest BCUT2D eigenvalue weighted by atomic mass is 32.2. The molecule has 2 aromatic rings. The molecule has 0 amide bonds. The van der Waals surface area contributed by atoms with E-state index in [2.05, 4.69) is 14.9 Å². The minimum absolute atomic E-state index is 0.257. The second-order valence-corrected chi connectivity index (χ2v) is 8.73. The van der Waals surface area contributed by atoms with Gasteiger partial charge >= 0.3 is 0 Å². The Bertz CT molecular complexity index is 809. The van der Waals surface area contributed by atoms with Gasteiger partial charge in [0.05, 0.1) is 5.25 Å². The predicted octanol–water partition coefficient (Wildman–Crippen LogP) is 1.79. The van der Waals surface area contributed by atoms with Crippen molar-refractivity contribution in [1.82, 2.24) is 14.9 Å². The van der Waals surface area contributed by atoms with Gasteiger partial charge in [-0.25, -0.2) is 17.5 Å². The van der Waals surface area contributed by atoms with Gasteiger partial charge in [0.25, 0.3) is 0 Å². The minimum atomic E-state index is -3.28. The van der Waals surface area contributed by atoms with Crippen LogP contribution in [-0.4, -0.2) is 43.5 Å². The molecule has 9 heteroatoms. The standard InChI is InChI=1S/C15H19FN4O2S2/c1-2-17-24(21,22)12-7-8-20(10-12)15-19-18-14(23-15)9-11-5-3-4-6-13(11)16/h3-6,12,17H,2,7-10H2,1H3. The van der Waals surface area contributed by atoms with Crippen molar-refractivity contribution < 1.29 is 12.8 Å². The summed E-state index contributed by atoms with van der Waals surface area (Å²) in [5.74, 6) is -0.257. The second-order valence-electron chi connectivity index (χ2n) is 5.65. The molecule has 2 heterocycles. The lowest BCUT2D eigenvalue weighted by molar-refractivity contribution is 0.571. The van der Waals surface area contributed by atoms with Gasteiger partial charge in [0.2, 0.25) is 15.2 Å². The van der Waals surface area contributed by atoms with E-state index in [1.165, 1.54) is 17.4 Å². The van der Waals surface area contributed by atoms with E-state index in [9.17, 15) is 12.8 Å². The molecule has 1 atom stereocenters. The van der Waals surface area contributed by atoms with Crippen molar-refractivity contribution in [1.29, 1.82) is 0 Å². The maximum absolute atomic E-state index is 13.7. The first-order valence-corrected chi connectivity index (χ1v) is 10.1. The van der Waals surface area contributed by atoms with Gasteiger partial charge in [-0.1, -0.05) is 36.5 Å². The molecule has 0 radical (unpaired) electrons. The highest BCUT2D eigenvalue weighted by molar-refractivity contribution is 7.90. The van der Waals surface area contributed by atoms with Crippen LogP contribution < -0.4 is 9.62 Å².